The molecule has 0 spiro atoms. The van der Waals surface area contributed by atoms with E-state index < -0.39 is 0 Å². The lowest BCUT2D eigenvalue weighted by atomic mass is 9.96. The zero-order valence-electron chi connectivity index (χ0n) is 10.7. The van der Waals surface area contributed by atoms with Crippen molar-refractivity contribution in [1.29, 1.82) is 0 Å². The highest BCUT2D eigenvalue weighted by Gasteiger charge is 2.21. The molecule has 1 saturated heterocycles. The van der Waals surface area contributed by atoms with Crippen LogP contribution in [0.15, 0.2) is 22.7 Å². The minimum Gasteiger partial charge on any atom is -0.381 e. The molecule has 1 fully saturated rings. The van der Waals surface area contributed by atoms with Gasteiger partial charge in [-0.25, -0.2) is 0 Å². The van der Waals surface area contributed by atoms with E-state index in [1.165, 1.54) is 48.0 Å². The molecule has 0 saturated carbocycles. The van der Waals surface area contributed by atoms with Crippen molar-refractivity contribution < 1.29 is 4.74 Å². The fraction of sp³-hybridized carbons (Fsp3) is 0.600. The lowest BCUT2D eigenvalue weighted by Crippen LogP contribution is -2.36. The van der Waals surface area contributed by atoms with Gasteiger partial charge < -0.3 is 4.74 Å². The van der Waals surface area contributed by atoms with Gasteiger partial charge in [-0.05, 0) is 48.4 Å². The third-order valence-electron chi connectivity index (χ3n) is 4.12. The molecule has 3 heteroatoms. The predicted molar refractivity (Wildman–Crippen MR) is 76.7 cm³/mol. The maximum absolute atomic E-state index is 5.43. The number of halogens is 1. The Kier molecular flexibility index (Phi) is 4.02. The Balaban J connectivity index is 1.62. The average molecular weight is 310 g/mol. The molecule has 2 aliphatic heterocycles. The second-order valence-electron chi connectivity index (χ2n) is 5.45. The first-order valence-electron chi connectivity index (χ1n) is 6.88. The van der Waals surface area contributed by atoms with E-state index in [2.05, 4.69) is 39.0 Å². The van der Waals surface area contributed by atoms with Crippen LogP contribution < -0.4 is 0 Å². The van der Waals surface area contributed by atoms with Crippen molar-refractivity contribution in [3.8, 4) is 0 Å². The normalized spacial score (nSPS) is 21.8. The van der Waals surface area contributed by atoms with Gasteiger partial charge in [-0.15, -0.1) is 0 Å². The van der Waals surface area contributed by atoms with Gasteiger partial charge in [-0.2, -0.15) is 0 Å². The van der Waals surface area contributed by atoms with Gasteiger partial charge in [0, 0.05) is 37.3 Å². The number of benzene rings is 1. The monoisotopic (exact) mass is 309 g/mol. The average Bonchev–Trinajstić information content (AvgIpc) is 2.40. The van der Waals surface area contributed by atoms with Crippen LogP contribution >= 0.6 is 15.9 Å². The number of nitrogens with zero attached hydrogens (tertiary/aromatic N) is 1. The molecule has 18 heavy (non-hydrogen) atoms. The Hall–Kier alpha value is -0.380. The number of fused-ring (bicyclic) bond motifs is 1. The standard InChI is InChI=1S/C15H20BrNO/c16-15-2-1-14-11-17(6-3-13(14)9-15)10-12-4-7-18-8-5-12/h1-2,9,12H,3-8,10-11H2. The van der Waals surface area contributed by atoms with Gasteiger partial charge in [0.15, 0.2) is 0 Å². The van der Waals surface area contributed by atoms with E-state index in [-0.39, 0.29) is 0 Å². The summed E-state index contributed by atoms with van der Waals surface area (Å²) in [5, 5.41) is 0. The molecule has 0 unspecified atom stereocenters. The van der Waals surface area contributed by atoms with Crippen LogP contribution in [0.3, 0.4) is 0 Å². The van der Waals surface area contributed by atoms with E-state index in [1.54, 1.807) is 0 Å². The summed E-state index contributed by atoms with van der Waals surface area (Å²) in [5.41, 5.74) is 3.03. The van der Waals surface area contributed by atoms with E-state index in [1.807, 2.05) is 0 Å². The van der Waals surface area contributed by atoms with Crippen LogP contribution in [-0.2, 0) is 17.7 Å². The summed E-state index contributed by atoms with van der Waals surface area (Å²) in [4.78, 5) is 2.62. The molecule has 0 amide bonds. The van der Waals surface area contributed by atoms with Gasteiger partial charge in [0.1, 0.15) is 0 Å². The lowest BCUT2D eigenvalue weighted by molar-refractivity contribution is 0.0506. The fourth-order valence-corrected chi connectivity index (χ4v) is 3.44. The molecule has 0 N–H and O–H groups in total. The summed E-state index contributed by atoms with van der Waals surface area (Å²) in [6, 6.07) is 6.72. The molecule has 98 valence electrons. The molecule has 1 aromatic carbocycles. The first-order chi connectivity index (χ1) is 8.81. The molecule has 0 radical (unpaired) electrons. The van der Waals surface area contributed by atoms with Crippen LogP contribution in [0.5, 0.6) is 0 Å². The van der Waals surface area contributed by atoms with Crippen molar-refractivity contribution in [3.63, 3.8) is 0 Å². The summed E-state index contributed by atoms with van der Waals surface area (Å²) in [6.07, 6.45) is 3.67. The predicted octanol–water partition coefficient (Wildman–Crippen LogP) is 3.23. The van der Waals surface area contributed by atoms with Crippen molar-refractivity contribution in [3.05, 3.63) is 33.8 Å². The third kappa shape index (κ3) is 2.95. The molecule has 2 aliphatic rings. The molecule has 2 nitrogen and oxygen atoms in total. The quantitative estimate of drug-likeness (QED) is 0.831. The molecule has 0 bridgehead atoms. The van der Waals surface area contributed by atoms with E-state index in [0.29, 0.717) is 0 Å². The van der Waals surface area contributed by atoms with Crippen molar-refractivity contribution in [2.24, 2.45) is 5.92 Å². The van der Waals surface area contributed by atoms with Gasteiger partial charge in [-0.3, -0.25) is 4.90 Å². The van der Waals surface area contributed by atoms with Crippen LogP contribution in [0.2, 0.25) is 0 Å². The summed E-state index contributed by atoms with van der Waals surface area (Å²) in [5.74, 6) is 0.843. The first-order valence-corrected chi connectivity index (χ1v) is 7.68. The Labute approximate surface area is 117 Å². The largest absolute Gasteiger partial charge is 0.381 e. The Bertz CT molecular complexity index is 415. The van der Waals surface area contributed by atoms with Crippen molar-refractivity contribution >= 4 is 15.9 Å². The summed E-state index contributed by atoms with van der Waals surface area (Å²) >= 11 is 3.56. The van der Waals surface area contributed by atoms with Crippen LogP contribution in [0.25, 0.3) is 0 Å². The minimum atomic E-state index is 0.843. The van der Waals surface area contributed by atoms with Gasteiger partial charge in [0.05, 0.1) is 0 Å². The molecule has 2 heterocycles. The van der Waals surface area contributed by atoms with E-state index in [9.17, 15) is 0 Å². The topological polar surface area (TPSA) is 12.5 Å². The van der Waals surface area contributed by atoms with E-state index in [0.717, 1.165) is 25.7 Å². The summed E-state index contributed by atoms with van der Waals surface area (Å²) in [7, 11) is 0. The Morgan fingerprint density at radius 2 is 2.06 bits per heavy atom. The highest BCUT2D eigenvalue weighted by Crippen LogP contribution is 2.25. The van der Waals surface area contributed by atoms with Crippen LogP contribution in [-0.4, -0.2) is 31.2 Å². The Morgan fingerprint density at radius 3 is 2.89 bits per heavy atom. The van der Waals surface area contributed by atoms with E-state index >= 15 is 0 Å². The van der Waals surface area contributed by atoms with Gasteiger partial charge in [0.25, 0.3) is 0 Å². The fourth-order valence-electron chi connectivity index (χ4n) is 3.03. The number of ether oxygens (including phenoxy) is 1. The molecular formula is C15H20BrNO. The second-order valence-corrected chi connectivity index (χ2v) is 6.37. The van der Waals surface area contributed by atoms with Gasteiger partial charge in [-0.1, -0.05) is 22.0 Å². The van der Waals surface area contributed by atoms with Crippen LogP contribution in [0.1, 0.15) is 24.0 Å². The summed E-state index contributed by atoms with van der Waals surface area (Å²) in [6.45, 7) is 5.50. The highest BCUT2D eigenvalue weighted by atomic mass is 79.9. The third-order valence-corrected chi connectivity index (χ3v) is 4.61. The molecule has 3 rings (SSSR count). The smallest absolute Gasteiger partial charge is 0.0469 e. The number of hydrogen-bond donors (Lipinski definition) is 0. The second kappa shape index (κ2) is 5.72. The first kappa shape index (κ1) is 12.6. The highest BCUT2D eigenvalue weighted by molar-refractivity contribution is 9.10. The molecule has 0 aliphatic carbocycles. The number of rotatable bonds is 2. The van der Waals surface area contributed by atoms with Gasteiger partial charge >= 0.3 is 0 Å². The molecular weight excluding hydrogens is 290 g/mol. The molecule has 0 atom stereocenters. The zero-order chi connectivity index (χ0) is 12.4. The zero-order valence-corrected chi connectivity index (χ0v) is 12.3. The SMILES string of the molecule is Brc1ccc2c(c1)CCN(CC1CCOCC1)C2. The maximum atomic E-state index is 5.43. The lowest BCUT2D eigenvalue weighted by Gasteiger charge is -2.33. The van der Waals surface area contributed by atoms with Crippen molar-refractivity contribution in [1.82, 2.24) is 4.90 Å². The van der Waals surface area contributed by atoms with E-state index in [4.69, 9.17) is 4.74 Å². The summed E-state index contributed by atoms with van der Waals surface area (Å²) < 4.78 is 6.64. The van der Waals surface area contributed by atoms with Crippen molar-refractivity contribution in [2.75, 3.05) is 26.3 Å². The Morgan fingerprint density at radius 1 is 1.22 bits per heavy atom. The van der Waals surface area contributed by atoms with Crippen molar-refractivity contribution in [2.45, 2.75) is 25.8 Å². The van der Waals surface area contributed by atoms with Crippen LogP contribution in [0.4, 0.5) is 0 Å². The minimum absolute atomic E-state index is 0.843. The van der Waals surface area contributed by atoms with Crippen LogP contribution in [0, 0.1) is 5.92 Å². The van der Waals surface area contributed by atoms with Gasteiger partial charge in [0.2, 0.25) is 0 Å². The maximum Gasteiger partial charge on any atom is 0.0469 e. The number of hydrogen-bond acceptors (Lipinski definition) is 2. The molecule has 1 aromatic rings. The molecule has 0 aromatic heterocycles.